The zero-order valence-corrected chi connectivity index (χ0v) is 17.1. The van der Waals surface area contributed by atoms with Crippen molar-refractivity contribution in [3.05, 3.63) is 102 Å². The summed E-state index contributed by atoms with van der Waals surface area (Å²) < 4.78 is 10.8. The predicted octanol–water partition coefficient (Wildman–Crippen LogP) is 5.45. The van der Waals surface area contributed by atoms with Gasteiger partial charge in [0.2, 0.25) is 0 Å². The van der Waals surface area contributed by atoms with Gasteiger partial charge in [0.25, 0.3) is 0 Å². The Morgan fingerprint density at radius 2 is 1.61 bits per heavy atom. The minimum atomic E-state index is -0.900. The Hall–Kier alpha value is -3.99. The number of methoxy groups -OCH3 is 1. The molecule has 31 heavy (non-hydrogen) atoms. The Labute approximate surface area is 180 Å². The van der Waals surface area contributed by atoms with Crippen molar-refractivity contribution < 1.29 is 19.4 Å². The van der Waals surface area contributed by atoms with Gasteiger partial charge in [-0.15, -0.1) is 0 Å². The third kappa shape index (κ3) is 4.61. The van der Waals surface area contributed by atoms with E-state index >= 15 is 0 Å². The number of anilines is 1. The molecule has 1 atom stereocenters. The molecule has 4 rings (SSSR count). The number of carbonyl (C=O) groups excluding carboxylic acids is 1. The Bertz CT molecular complexity index is 1170. The van der Waals surface area contributed by atoms with Gasteiger partial charge in [-0.05, 0) is 46.7 Å². The highest BCUT2D eigenvalue weighted by Crippen LogP contribution is 2.35. The number of nitrogens with one attached hydrogen (secondary N) is 1. The molecule has 0 aromatic heterocycles. The monoisotopic (exact) mass is 413 g/mol. The van der Waals surface area contributed by atoms with Crippen LogP contribution >= 0.6 is 0 Å². The summed E-state index contributed by atoms with van der Waals surface area (Å²) in [6.07, 6.45) is 0. The minimum Gasteiger partial charge on any atom is -0.508 e. The summed E-state index contributed by atoms with van der Waals surface area (Å²) in [6.45, 7) is 0.145. The number of benzene rings is 4. The van der Waals surface area contributed by atoms with E-state index in [2.05, 4.69) is 5.32 Å². The summed E-state index contributed by atoms with van der Waals surface area (Å²) in [5, 5.41) is 15.6. The second kappa shape index (κ2) is 9.22. The Balaban J connectivity index is 1.70. The third-order valence-electron chi connectivity index (χ3n) is 5.10. The normalized spacial score (nSPS) is 11.6. The number of carbonyl (C=O) groups is 1. The number of phenolic OH excluding ortho intramolecular Hbond substituents is 1. The molecule has 1 unspecified atom stereocenters. The molecule has 0 aliphatic rings. The number of esters is 1. The van der Waals surface area contributed by atoms with Gasteiger partial charge in [-0.2, -0.15) is 0 Å². The molecule has 0 aliphatic heterocycles. The summed E-state index contributed by atoms with van der Waals surface area (Å²) in [5.41, 5.74) is 2.07. The number of aromatic hydroxyl groups is 1. The van der Waals surface area contributed by atoms with Crippen LogP contribution in [0.4, 0.5) is 5.69 Å². The lowest BCUT2D eigenvalue weighted by molar-refractivity contribution is -0.146. The van der Waals surface area contributed by atoms with Crippen molar-refractivity contribution in [3.8, 4) is 11.5 Å². The van der Waals surface area contributed by atoms with Crippen molar-refractivity contribution >= 4 is 22.4 Å². The van der Waals surface area contributed by atoms with Gasteiger partial charge < -0.3 is 19.9 Å². The fourth-order valence-corrected chi connectivity index (χ4v) is 3.50. The maximum Gasteiger partial charge on any atom is 0.333 e. The van der Waals surface area contributed by atoms with Crippen LogP contribution in [-0.4, -0.2) is 18.2 Å². The minimum absolute atomic E-state index is 0.0290. The van der Waals surface area contributed by atoms with Gasteiger partial charge in [-0.25, -0.2) is 4.79 Å². The van der Waals surface area contributed by atoms with E-state index in [1.54, 1.807) is 25.3 Å². The maximum atomic E-state index is 13.2. The lowest BCUT2D eigenvalue weighted by Gasteiger charge is -2.22. The van der Waals surface area contributed by atoms with E-state index in [4.69, 9.17) is 9.47 Å². The van der Waals surface area contributed by atoms with E-state index in [0.29, 0.717) is 17.0 Å². The predicted molar refractivity (Wildman–Crippen MR) is 121 cm³/mol. The molecule has 5 nitrogen and oxygen atoms in total. The number of ether oxygens (including phenoxy) is 2. The SMILES string of the molecule is COc1ccc(NC(C(=O)OCc2ccccc2)c2c(O)ccc3ccccc23)cc1. The summed E-state index contributed by atoms with van der Waals surface area (Å²) in [6, 6.07) is 26.9. The highest BCUT2D eigenvalue weighted by Gasteiger charge is 2.27. The van der Waals surface area contributed by atoms with Crippen molar-refractivity contribution in [2.45, 2.75) is 12.6 Å². The number of fused-ring (bicyclic) bond motifs is 1. The molecule has 0 amide bonds. The zero-order valence-electron chi connectivity index (χ0n) is 17.1. The van der Waals surface area contributed by atoms with Crippen molar-refractivity contribution in [3.63, 3.8) is 0 Å². The lowest BCUT2D eigenvalue weighted by atomic mass is 9.97. The van der Waals surface area contributed by atoms with E-state index in [0.717, 1.165) is 16.3 Å². The summed E-state index contributed by atoms with van der Waals surface area (Å²) >= 11 is 0. The van der Waals surface area contributed by atoms with Crippen LogP contribution in [0, 0.1) is 0 Å². The van der Waals surface area contributed by atoms with Crippen LogP contribution in [0.1, 0.15) is 17.2 Å². The van der Waals surface area contributed by atoms with Crippen LogP contribution in [0.25, 0.3) is 10.8 Å². The largest absolute Gasteiger partial charge is 0.508 e. The van der Waals surface area contributed by atoms with Crippen LogP contribution in [-0.2, 0) is 16.1 Å². The Kier molecular flexibility index (Phi) is 6.03. The number of phenols is 1. The third-order valence-corrected chi connectivity index (χ3v) is 5.10. The molecule has 0 saturated heterocycles. The first-order valence-electron chi connectivity index (χ1n) is 9.97. The zero-order chi connectivity index (χ0) is 21.6. The van der Waals surface area contributed by atoms with E-state index < -0.39 is 12.0 Å². The van der Waals surface area contributed by atoms with E-state index in [1.165, 1.54) is 0 Å². The fourth-order valence-electron chi connectivity index (χ4n) is 3.50. The molecule has 0 radical (unpaired) electrons. The molecule has 4 aromatic carbocycles. The molecule has 0 heterocycles. The van der Waals surface area contributed by atoms with Gasteiger partial charge in [0, 0.05) is 11.3 Å². The van der Waals surface area contributed by atoms with Crippen LogP contribution in [0.2, 0.25) is 0 Å². The van der Waals surface area contributed by atoms with Gasteiger partial charge in [0.15, 0.2) is 6.04 Å². The van der Waals surface area contributed by atoms with Crippen LogP contribution in [0.5, 0.6) is 11.5 Å². The molecule has 4 aromatic rings. The van der Waals surface area contributed by atoms with E-state index in [9.17, 15) is 9.90 Å². The molecule has 0 spiro atoms. The molecule has 2 N–H and O–H groups in total. The standard InChI is InChI=1S/C26H23NO4/c1-30-21-14-12-20(13-15-21)27-25(26(29)31-17-18-7-3-2-4-8-18)24-22-10-6-5-9-19(22)11-16-23(24)28/h2-16,25,27-28H,17H2,1H3. The molecular weight excluding hydrogens is 390 g/mol. The number of hydrogen-bond acceptors (Lipinski definition) is 5. The van der Waals surface area contributed by atoms with Crippen molar-refractivity contribution in [1.29, 1.82) is 0 Å². The molecule has 0 saturated carbocycles. The summed E-state index contributed by atoms with van der Waals surface area (Å²) in [4.78, 5) is 13.2. The van der Waals surface area contributed by atoms with Gasteiger partial charge in [0.05, 0.1) is 7.11 Å². The number of hydrogen-bond donors (Lipinski definition) is 2. The molecular formula is C26H23NO4. The maximum absolute atomic E-state index is 13.2. The van der Waals surface area contributed by atoms with Gasteiger partial charge >= 0.3 is 5.97 Å². The van der Waals surface area contributed by atoms with Crippen LogP contribution < -0.4 is 10.1 Å². The molecule has 0 bridgehead atoms. The first-order valence-corrected chi connectivity index (χ1v) is 9.97. The van der Waals surface area contributed by atoms with Crippen molar-refractivity contribution in [2.24, 2.45) is 0 Å². The first-order chi connectivity index (χ1) is 15.2. The Morgan fingerprint density at radius 3 is 2.35 bits per heavy atom. The molecule has 5 heteroatoms. The lowest BCUT2D eigenvalue weighted by Crippen LogP contribution is -2.24. The average molecular weight is 413 g/mol. The highest BCUT2D eigenvalue weighted by atomic mass is 16.5. The smallest absolute Gasteiger partial charge is 0.333 e. The fraction of sp³-hybridized carbons (Fsp3) is 0.115. The first kappa shape index (κ1) is 20.3. The molecule has 0 fully saturated rings. The van der Waals surface area contributed by atoms with E-state index in [1.807, 2.05) is 72.8 Å². The highest BCUT2D eigenvalue weighted by molar-refractivity contribution is 5.94. The second-order valence-electron chi connectivity index (χ2n) is 7.12. The van der Waals surface area contributed by atoms with Crippen LogP contribution in [0.15, 0.2) is 91.0 Å². The second-order valence-corrected chi connectivity index (χ2v) is 7.12. The van der Waals surface area contributed by atoms with E-state index in [-0.39, 0.29) is 12.4 Å². The quantitative estimate of drug-likeness (QED) is 0.394. The van der Waals surface area contributed by atoms with Gasteiger partial charge in [-0.3, -0.25) is 0 Å². The van der Waals surface area contributed by atoms with Crippen molar-refractivity contribution in [1.82, 2.24) is 0 Å². The topological polar surface area (TPSA) is 67.8 Å². The Morgan fingerprint density at radius 1 is 0.903 bits per heavy atom. The number of rotatable bonds is 7. The summed E-state index contributed by atoms with van der Waals surface area (Å²) in [5.74, 6) is 0.259. The van der Waals surface area contributed by atoms with Gasteiger partial charge in [0.1, 0.15) is 18.1 Å². The van der Waals surface area contributed by atoms with Crippen LogP contribution in [0.3, 0.4) is 0 Å². The average Bonchev–Trinajstić information content (AvgIpc) is 2.82. The molecule has 0 aliphatic carbocycles. The van der Waals surface area contributed by atoms with Crippen molar-refractivity contribution in [2.75, 3.05) is 12.4 Å². The summed E-state index contributed by atoms with van der Waals surface area (Å²) in [7, 11) is 1.60. The van der Waals surface area contributed by atoms with Gasteiger partial charge in [-0.1, -0.05) is 60.7 Å². The molecule has 156 valence electrons.